The van der Waals surface area contributed by atoms with E-state index in [9.17, 15) is 0 Å². The van der Waals surface area contributed by atoms with Crippen LogP contribution in [-0.2, 0) is 10.8 Å². The SMILES string of the molecule is CC1(C)c2ccccc2-c2nc(-c3ccccc3)nc(-n3c4ccccc4c4ccc5c(c43)C(C)(C)c3ccccc3-5)c21. The lowest BCUT2D eigenvalue weighted by Gasteiger charge is -2.26. The van der Waals surface area contributed by atoms with E-state index in [0.29, 0.717) is 0 Å². The molecule has 7 aromatic rings. The van der Waals surface area contributed by atoms with Crippen LogP contribution in [-0.4, -0.2) is 14.5 Å². The summed E-state index contributed by atoms with van der Waals surface area (Å²) in [5.41, 5.74) is 13.1. The molecule has 43 heavy (non-hydrogen) atoms. The molecule has 2 aliphatic rings. The van der Waals surface area contributed by atoms with Crippen molar-refractivity contribution in [2.45, 2.75) is 38.5 Å². The van der Waals surface area contributed by atoms with Crippen molar-refractivity contribution in [1.82, 2.24) is 14.5 Å². The molecule has 0 N–H and O–H groups in total. The van der Waals surface area contributed by atoms with Crippen LogP contribution in [0.3, 0.4) is 0 Å². The number of nitrogens with zero attached hydrogens (tertiary/aromatic N) is 3. The van der Waals surface area contributed by atoms with Crippen molar-refractivity contribution in [2.75, 3.05) is 0 Å². The van der Waals surface area contributed by atoms with Crippen LogP contribution >= 0.6 is 0 Å². The lowest BCUT2D eigenvalue weighted by atomic mass is 9.81. The molecule has 206 valence electrons. The van der Waals surface area contributed by atoms with Gasteiger partial charge in [0.15, 0.2) is 5.82 Å². The monoisotopic (exact) mass is 553 g/mol. The van der Waals surface area contributed by atoms with Gasteiger partial charge < -0.3 is 0 Å². The average molecular weight is 554 g/mol. The topological polar surface area (TPSA) is 30.7 Å². The van der Waals surface area contributed by atoms with Crippen molar-refractivity contribution in [2.24, 2.45) is 0 Å². The summed E-state index contributed by atoms with van der Waals surface area (Å²) in [4.78, 5) is 10.8. The zero-order chi connectivity index (χ0) is 29.1. The number of hydrogen-bond donors (Lipinski definition) is 0. The van der Waals surface area contributed by atoms with Crippen LogP contribution in [0.1, 0.15) is 49.9 Å². The Morgan fingerprint density at radius 2 is 1.14 bits per heavy atom. The minimum absolute atomic E-state index is 0.172. The summed E-state index contributed by atoms with van der Waals surface area (Å²) in [5, 5.41) is 2.51. The molecule has 0 atom stereocenters. The normalized spacial score (nSPS) is 15.3. The van der Waals surface area contributed by atoms with Gasteiger partial charge in [-0.2, -0.15) is 0 Å². The molecular formula is C40H31N3. The minimum Gasteiger partial charge on any atom is -0.293 e. The van der Waals surface area contributed by atoms with Gasteiger partial charge in [-0.05, 0) is 33.9 Å². The highest BCUT2D eigenvalue weighted by molar-refractivity contribution is 6.13. The zero-order valence-corrected chi connectivity index (χ0v) is 24.8. The van der Waals surface area contributed by atoms with E-state index in [2.05, 4.69) is 141 Å². The lowest BCUT2D eigenvalue weighted by molar-refractivity contribution is 0.648. The van der Waals surface area contributed by atoms with Crippen LogP contribution in [0.2, 0.25) is 0 Å². The highest BCUT2D eigenvalue weighted by Gasteiger charge is 2.42. The molecule has 0 aliphatic heterocycles. The first-order valence-corrected chi connectivity index (χ1v) is 15.1. The Hall–Kier alpha value is -5.02. The zero-order valence-electron chi connectivity index (χ0n) is 24.8. The molecule has 0 saturated carbocycles. The largest absolute Gasteiger partial charge is 0.293 e. The molecule has 3 heteroatoms. The standard InChI is InChI=1S/C40H31N3/c1-39(2)30-19-11-8-16-25(30)27-22-23-28-26-17-10-13-21-32(26)43(36(28)33(27)39)38-34-35(29-18-9-12-20-31(29)40(34,3)4)41-37(42-38)24-14-6-5-7-15-24/h5-23H,1-4H3. The number of benzene rings is 5. The van der Waals surface area contributed by atoms with E-state index in [1.807, 2.05) is 6.07 Å². The first-order chi connectivity index (χ1) is 20.9. The van der Waals surface area contributed by atoms with Gasteiger partial charge in [0, 0.05) is 38.3 Å². The van der Waals surface area contributed by atoms with E-state index in [4.69, 9.17) is 9.97 Å². The van der Waals surface area contributed by atoms with Crippen molar-refractivity contribution in [1.29, 1.82) is 0 Å². The molecular weight excluding hydrogens is 522 g/mol. The molecule has 9 rings (SSSR count). The highest BCUT2D eigenvalue weighted by atomic mass is 15.1. The van der Waals surface area contributed by atoms with Gasteiger partial charge in [-0.1, -0.05) is 137 Å². The molecule has 0 spiro atoms. The quantitative estimate of drug-likeness (QED) is 0.213. The fourth-order valence-electron chi connectivity index (χ4n) is 8.00. The summed E-state index contributed by atoms with van der Waals surface area (Å²) < 4.78 is 2.47. The molecule has 0 bridgehead atoms. The van der Waals surface area contributed by atoms with E-state index in [1.165, 1.54) is 60.8 Å². The second-order valence-electron chi connectivity index (χ2n) is 13.0. The highest BCUT2D eigenvalue weighted by Crippen LogP contribution is 2.55. The summed E-state index contributed by atoms with van der Waals surface area (Å²) in [7, 11) is 0. The maximum atomic E-state index is 5.51. The number of rotatable bonds is 2. The number of aromatic nitrogens is 3. The fraction of sp³-hybridized carbons (Fsp3) is 0.150. The summed E-state index contributed by atoms with van der Waals surface area (Å²) in [6.45, 7) is 9.40. The van der Waals surface area contributed by atoms with Crippen LogP contribution in [0.4, 0.5) is 0 Å². The third-order valence-electron chi connectivity index (χ3n) is 9.97. The van der Waals surface area contributed by atoms with Gasteiger partial charge in [0.05, 0.1) is 16.7 Å². The van der Waals surface area contributed by atoms with Gasteiger partial charge in [-0.15, -0.1) is 0 Å². The van der Waals surface area contributed by atoms with Gasteiger partial charge in [0.1, 0.15) is 5.82 Å². The Labute approximate surface area is 251 Å². The van der Waals surface area contributed by atoms with Crippen molar-refractivity contribution in [3.8, 4) is 39.6 Å². The molecule has 2 aliphatic carbocycles. The Bertz CT molecular complexity index is 2290. The van der Waals surface area contributed by atoms with Crippen LogP contribution in [0.15, 0.2) is 115 Å². The smallest absolute Gasteiger partial charge is 0.162 e. The molecule has 3 nitrogen and oxygen atoms in total. The molecule has 0 fully saturated rings. The summed E-state index contributed by atoms with van der Waals surface area (Å²) in [6, 6.07) is 41.5. The summed E-state index contributed by atoms with van der Waals surface area (Å²) >= 11 is 0. The molecule has 0 unspecified atom stereocenters. The maximum Gasteiger partial charge on any atom is 0.162 e. The van der Waals surface area contributed by atoms with E-state index in [1.54, 1.807) is 0 Å². The average Bonchev–Trinajstić information content (AvgIpc) is 3.58. The molecule has 0 amide bonds. The third kappa shape index (κ3) is 3.09. The molecule has 0 saturated heterocycles. The van der Waals surface area contributed by atoms with E-state index in [0.717, 1.165) is 22.9 Å². The number of para-hydroxylation sites is 1. The van der Waals surface area contributed by atoms with Gasteiger partial charge in [-0.25, -0.2) is 9.97 Å². The predicted octanol–water partition coefficient (Wildman–Crippen LogP) is 9.85. The van der Waals surface area contributed by atoms with Gasteiger partial charge in [0.2, 0.25) is 0 Å². The third-order valence-corrected chi connectivity index (χ3v) is 9.97. The molecule has 0 radical (unpaired) electrons. The summed E-state index contributed by atoms with van der Waals surface area (Å²) in [5.74, 6) is 1.72. The maximum absolute atomic E-state index is 5.51. The van der Waals surface area contributed by atoms with E-state index < -0.39 is 0 Å². The van der Waals surface area contributed by atoms with Crippen molar-refractivity contribution >= 4 is 21.8 Å². The van der Waals surface area contributed by atoms with Gasteiger partial charge in [0.25, 0.3) is 0 Å². The number of fused-ring (bicyclic) bond motifs is 10. The van der Waals surface area contributed by atoms with Crippen molar-refractivity contribution < 1.29 is 0 Å². The van der Waals surface area contributed by atoms with Crippen LogP contribution in [0, 0.1) is 0 Å². The van der Waals surface area contributed by atoms with Crippen LogP contribution in [0.25, 0.3) is 61.4 Å². The molecule has 2 heterocycles. The first kappa shape index (κ1) is 24.6. The van der Waals surface area contributed by atoms with Gasteiger partial charge >= 0.3 is 0 Å². The lowest BCUT2D eigenvalue weighted by Crippen LogP contribution is -2.21. The van der Waals surface area contributed by atoms with Gasteiger partial charge in [-0.3, -0.25) is 4.57 Å². The fourth-order valence-corrected chi connectivity index (χ4v) is 8.00. The first-order valence-electron chi connectivity index (χ1n) is 15.1. The summed E-state index contributed by atoms with van der Waals surface area (Å²) in [6.07, 6.45) is 0. The van der Waals surface area contributed by atoms with Crippen molar-refractivity contribution in [3.63, 3.8) is 0 Å². The molecule has 2 aromatic heterocycles. The van der Waals surface area contributed by atoms with E-state index in [-0.39, 0.29) is 10.8 Å². The van der Waals surface area contributed by atoms with Crippen molar-refractivity contribution in [3.05, 3.63) is 138 Å². The Balaban J connectivity index is 1.49. The van der Waals surface area contributed by atoms with Crippen LogP contribution < -0.4 is 0 Å². The predicted molar refractivity (Wildman–Crippen MR) is 177 cm³/mol. The Kier molecular flexibility index (Phi) is 4.74. The minimum atomic E-state index is -0.273. The Morgan fingerprint density at radius 1 is 0.512 bits per heavy atom. The second kappa shape index (κ2) is 8.29. The van der Waals surface area contributed by atoms with E-state index >= 15 is 0 Å². The Morgan fingerprint density at radius 3 is 1.93 bits per heavy atom. The molecule has 5 aromatic carbocycles. The second-order valence-corrected chi connectivity index (χ2v) is 13.0. The van der Waals surface area contributed by atoms with Crippen LogP contribution in [0.5, 0.6) is 0 Å². The number of hydrogen-bond acceptors (Lipinski definition) is 2.